The van der Waals surface area contributed by atoms with Crippen LogP contribution in [-0.4, -0.2) is 20.7 Å². The van der Waals surface area contributed by atoms with Crippen LogP contribution in [0, 0.1) is 13.8 Å². The molecular formula is C26H28ClN5O2. The zero-order valence-corrected chi connectivity index (χ0v) is 20.5. The molecule has 4 rings (SSSR count). The first-order valence-corrected chi connectivity index (χ1v) is 11.6. The Morgan fingerprint density at radius 3 is 2.62 bits per heavy atom. The SMILES string of the molecule is Cc1nn(C)c2[nH]c(=O)c(CCC(=O)Nc3ccc(NC(C)c4ccccc4)c(Cl)c3)c(C)c12. The molecule has 0 saturated heterocycles. The van der Waals surface area contributed by atoms with Crippen molar-refractivity contribution in [2.24, 2.45) is 7.05 Å². The van der Waals surface area contributed by atoms with E-state index >= 15 is 0 Å². The summed E-state index contributed by atoms with van der Waals surface area (Å²) >= 11 is 6.46. The van der Waals surface area contributed by atoms with Crippen LogP contribution in [0.25, 0.3) is 11.0 Å². The smallest absolute Gasteiger partial charge is 0.253 e. The van der Waals surface area contributed by atoms with Crippen molar-refractivity contribution in [3.8, 4) is 0 Å². The lowest BCUT2D eigenvalue weighted by Gasteiger charge is -2.17. The number of hydrogen-bond acceptors (Lipinski definition) is 4. The van der Waals surface area contributed by atoms with Crippen LogP contribution < -0.4 is 16.2 Å². The number of nitrogens with one attached hydrogen (secondary N) is 3. The molecule has 0 spiro atoms. The number of carbonyl (C=O) groups is 1. The average Bonchev–Trinajstić information content (AvgIpc) is 3.09. The summed E-state index contributed by atoms with van der Waals surface area (Å²) in [5.41, 5.74) is 5.37. The first kappa shape index (κ1) is 23.6. The highest BCUT2D eigenvalue weighted by Gasteiger charge is 2.16. The van der Waals surface area contributed by atoms with E-state index in [4.69, 9.17) is 11.6 Å². The number of fused-ring (bicyclic) bond motifs is 1. The molecular weight excluding hydrogens is 450 g/mol. The molecule has 2 aromatic heterocycles. The lowest BCUT2D eigenvalue weighted by Crippen LogP contribution is -2.19. The maximum atomic E-state index is 12.6. The van der Waals surface area contributed by atoms with Crippen LogP contribution in [0.2, 0.25) is 5.02 Å². The van der Waals surface area contributed by atoms with Crippen molar-refractivity contribution in [1.29, 1.82) is 0 Å². The highest BCUT2D eigenvalue weighted by molar-refractivity contribution is 6.33. The number of pyridine rings is 1. The summed E-state index contributed by atoms with van der Waals surface area (Å²) in [6, 6.07) is 15.6. The van der Waals surface area contributed by atoms with Gasteiger partial charge in [-0.2, -0.15) is 5.10 Å². The third-order valence-electron chi connectivity index (χ3n) is 6.08. The summed E-state index contributed by atoms with van der Waals surface area (Å²) in [6.07, 6.45) is 0.511. The fourth-order valence-corrected chi connectivity index (χ4v) is 4.52. The highest BCUT2D eigenvalue weighted by Crippen LogP contribution is 2.29. The van der Waals surface area contributed by atoms with Crippen LogP contribution in [0.15, 0.2) is 53.3 Å². The molecule has 0 aliphatic rings. The molecule has 8 heteroatoms. The monoisotopic (exact) mass is 477 g/mol. The Balaban J connectivity index is 1.41. The Hall–Kier alpha value is -3.58. The molecule has 34 heavy (non-hydrogen) atoms. The Kier molecular flexibility index (Phi) is 6.75. The molecule has 3 N–H and O–H groups in total. The summed E-state index contributed by atoms with van der Waals surface area (Å²) in [5, 5.41) is 12.1. The fourth-order valence-electron chi connectivity index (χ4n) is 4.29. The van der Waals surface area contributed by atoms with Crippen LogP contribution in [-0.2, 0) is 18.3 Å². The van der Waals surface area contributed by atoms with E-state index < -0.39 is 0 Å². The van der Waals surface area contributed by atoms with E-state index in [1.54, 1.807) is 17.8 Å². The molecule has 4 aromatic rings. The standard InChI is InChI=1S/C26H28ClN5O2/c1-15-20(26(34)30-25-24(15)17(3)31-32(25)4)11-13-23(33)29-19-10-12-22(21(27)14-19)28-16(2)18-8-6-5-7-9-18/h5-10,12,14,16,28H,11,13H2,1-4H3,(H,29,33)(H,30,34). The quantitative estimate of drug-likeness (QED) is 0.338. The first-order chi connectivity index (χ1) is 16.2. The van der Waals surface area contributed by atoms with Crippen LogP contribution in [0.1, 0.15) is 41.8 Å². The second-order valence-corrected chi connectivity index (χ2v) is 8.92. The number of nitrogens with zero attached hydrogens (tertiary/aromatic N) is 2. The van der Waals surface area contributed by atoms with E-state index in [2.05, 4.69) is 39.8 Å². The average molecular weight is 478 g/mol. The number of benzene rings is 2. The van der Waals surface area contributed by atoms with Gasteiger partial charge in [-0.3, -0.25) is 14.3 Å². The van der Waals surface area contributed by atoms with Gasteiger partial charge in [-0.15, -0.1) is 0 Å². The second kappa shape index (κ2) is 9.73. The van der Waals surface area contributed by atoms with Crippen molar-refractivity contribution >= 4 is 39.9 Å². The molecule has 0 aliphatic heterocycles. The van der Waals surface area contributed by atoms with Gasteiger partial charge in [-0.25, -0.2) is 0 Å². The molecule has 176 valence electrons. The van der Waals surface area contributed by atoms with Crippen molar-refractivity contribution < 1.29 is 4.79 Å². The van der Waals surface area contributed by atoms with Crippen molar-refractivity contribution in [2.75, 3.05) is 10.6 Å². The van der Waals surface area contributed by atoms with Gasteiger partial charge in [0, 0.05) is 36.1 Å². The summed E-state index contributed by atoms with van der Waals surface area (Å²) in [4.78, 5) is 28.1. The Morgan fingerprint density at radius 2 is 1.91 bits per heavy atom. The van der Waals surface area contributed by atoms with Crippen LogP contribution >= 0.6 is 11.6 Å². The zero-order valence-electron chi connectivity index (χ0n) is 19.7. The number of rotatable bonds is 7. The lowest BCUT2D eigenvalue weighted by molar-refractivity contribution is -0.116. The lowest BCUT2D eigenvalue weighted by atomic mass is 10.0. The first-order valence-electron chi connectivity index (χ1n) is 11.2. The van der Waals surface area contributed by atoms with Gasteiger partial charge in [0.1, 0.15) is 5.65 Å². The number of H-pyrrole nitrogens is 1. The maximum absolute atomic E-state index is 12.6. The van der Waals surface area contributed by atoms with Gasteiger partial charge in [-0.05, 0) is 56.5 Å². The minimum Gasteiger partial charge on any atom is -0.377 e. The highest BCUT2D eigenvalue weighted by atomic mass is 35.5. The molecule has 0 bridgehead atoms. The summed E-state index contributed by atoms with van der Waals surface area (Å²) in [6.45, 7) is 5.88. The molecule has 2 aromatic carbocycles. The van der Waals surface area contributed by atoms with Gasteiger partial charge < -0.3 is 15.6 Å². The van der Waals surface area contributed by atoms with Crippen molar-refractivity contribution in [1.82, 2.24) is 14.8 Å². The van der Waals surface area contributed by atoms with Gasteiger partial charge in [0.2, 0.25) is 5.91 Å². The van der Waals surface area contributed by atoms with E-state index in [9.17, 15) is 9.59 Å². The number of aromatic amines is 1. The topological polar surface area (TPSA) is 91.8 Å². The zero-order chi connectivity index (χ0) is 24.4. The Labute approximate surface area is 203 Å². The molecule has 1 unspecified atom stereocenters. The van der Waals surface area contributed by atoms with Gasteiger partial charge in [0.05, 0.1) is 16.4 Å². The van der Waals surface area contributed by atoms with E-state index in [1.165, 1.54) is 0 Å². The van der Waals surface area contributed by atoms with Crippen molar-refractivity contribution in [2.45, 2.75) is 39.7 Å². The Morgan fingerprint density at radius 1 is 1.18 bits per heavy atom. The fraction of sp³-hybridized carbons (Fsp3) is 0.269. The Bertz CT molecular complexity index is 1410. The van der Waals surface area contributed by atoms with Gasteiger partial charge in [-0.1, -0.05) is 41.9 Å². The van der Waals surface area contributed by atoms with Gasteiger partial charge >= 0.3 is 0 Å². The summed E-state index contributed by atoms with van der Waals surface area (Å²) in [5.74, 6) is -0.184. The molecule has 2 heterocycles. The van der Waals surface area contributed by atoms with Crippen LogP contribution in [0.4, 0.5) is 11.4 Å². The van der Waals surface area contributed by atoms with Crippen molar-refractivity contribution in [3.05, 3.63) is 86.3 Å². The predicted molar refractivity (Wildman–Crippen MR) is 138 cm³/mol. The third-order valence-corrected chi connectivity index (χ3v) is 6.40. The molecule has 7 nitrogen and oxygen atoms in total. The number of aromatic nitrogens is 3. The largest absolute Gasteiger partial charge is 0.377 e. The van der Waals surface area contributed by atoms with Crippen LogP contribution in [0.3, 0.4) is 0 Å². The van der Waals surface area contributed by atoms with Gasteiger partial charge in [0.25, 0.3) is 5.56 Å². The summed E-state index contributed by atoms with van der Waals surface area (Å²) in [7, 11) is 1.80. The number of halogens is 1. The van der Waals surface area contributed by atoms with Gasteiger partial charge in [0.15, 0.2) is 0 Å². The molecule has 0 radical (unpaired) electrons. The van der Waals surface area contributed by atoms with E-state index in [1.807, 2.05) is 44.2 Å². The molecule has 0 aliphatic carbocycles. The minimum atomic E-state index is -0.188. The number of carbonyl (C=O) groups excluding carboxylic acids is 1. The number of aryl methyl sites for hydroxylation is 3. The van der Waals surface area contributed by atoms with E-state index in [-0.39, 0.29) is 23.9 Å². The normalized spacial score (nSPS) is 12.0. The number of amides is 1. The predicted octanol–water partition coefficient (Wildman–Crippen LogP) is 5.28. The molecule has 0 saturated carbocycles. The number of hydrogen-bond donors (Lipinski definition) is 3. The van der Waals surface area contributed by atoms with Crippen molar-refractivity contribution in [3.63, 3.8) is 0 Å². The minimum absolute atomic E-state index is 0.0845. The second-order valence-electron chi connectivity index (χ2n) is 8.51. The van der Waals surface area contributed by atoms with E-state index in [0.717, 1.165) is 27.9 Å². The molecule has 0 fully saturated rings. The van der Waals surface area contributed by atoms with Crippen LogP contribution in [0.5, 0.6) is 0 Å². The van der Waals surface area contributed by atoms with E-state index in [0.29, 0.717) is 28.3 Å². The summed E-state index contributed by atoms with van der Waals surface area (Å²) < 4.78 is 1.67. The third kappa shape index (κ3) is 4.84. The number of anilines is 2. The maximum Gasteiger partial charge on any atom is 0.253 e. The molecule has 1 atom stereocenters. The molecule has 1 amide bonds.